The first-order valence-corrected chi connectivity index (χ1v) is 8.82. The summed E-state index contributed by atoms with van der Waals surface area (Å²) in [4.78, 5) is 26.5. The summed E-state index contributed by atoms with van der Waals surface area (Å²) in [5.41, 5.74) is 0.700. The van der Waals surface area contributed by atoms with Crippen molar-refractivity contribution in [2.45, 2.75) is 51.5 Å². The van der Waals surface area contributed by atoms with E-state index in [0.29, 0.717) is 18.5 Å². The van der Waals surface area contributed by atoms with Gasteiger partial charge in [0, 0.05) is 26.2 Å². The normalized spacial score (nSPS) is 23.1. The number of hydrogen-bond acceptors (Lipinski definition) is 5. The molecule has 2 fully saturated rings. The van der Waals surface area contributed by atoms with E-state index in [-0.39, 0.29) is 11.3 Å². The molecule has 2 aliphatic carbocycles. The Morgan fingerprint density at radius 3 is 2.70 bits per heavy atom. The van der Waals surface area contributed by atoms with Gasteiger partial charge in [-0.2, -0.15) is 4.98 Å². The minimum Gasteiger partial charge on any atom is -0.357 e. The van der Waals surface area contributed by atoms with Gasteiger partial charge < -0.3 is 15.1 Å². The molecule has 1 N–H and O–H groups in total. The van der Waals surface area contributed by atoms with Crippen molar-refractivity contribution in [1.29, 1.82) is 0 Å². The highest BCUT2D eigenvalue weighted by atomic mass is 16.2. The molecule has 23 heavy (non-hydrogen) atoms. The van der Waals surface area contributed by atoms with Crippen LogP contribution in [0.25, 0.3) is 0 Å². The molecule has 2 saturated carbocycles. The van der Waals surface area contributed by atoms with Crippen LogP contribution in [-0.2, 0) is 4.79 Å². The van der Waals surface area contributed by atoms with Crippen molar-refractivity contribution in [3.63, 3.8) is 0 Å². The number of nitrogens with one attached hydrogen (secondary N) is 1. The molecule has 1 aromatic rings. The monoisotopic (exact) mass is 315 g/mol. The fourth-order valence-electron chi connectivity index (χ4n) is 4.11. The number of rotatable bonds is 3. The van der Waals surface area contributed by atoms with E-state index in [1.807, 2.05) is 25.1 Å². The first-order chi connectivity index (χ1) is 11.2. The standard InChI is InChI=1S/C17H25N5O/c1-3-21-13-10-19-16(18-2)20-14(13)22(12-6-4-5-7-12)11-17(8-9-17)15(21)23/h10,12H,3-9,11H2,1-2H3,(H,18,19,20). The fourth-order valence-corrected chi connectivity index (χ4v) is 4.11. The Balaban J connectivity index is 1.83. The summed E-state index contributed by atoms with van der Waals surface area (Å²) in [5.74, 6) is 1.83. The van der Waals surface area contributed by atoms with Crippen LogP contribution >= 0.6 is 0 Å². The zero-order valence-electron chi connectivity index (χ0n) is 14.0. The van der Waals surface area contributed by atoms with E-state index in [0.717, 1.165) is 30.9 Å². The molecule has 4 rings (SSSR count). The average Bonchev–Trinajstić information content (AvgIpc) is 3.19. The molecule has 6 nitrogen and oxygen atoms in total. The Labute approximate surface area is 137 Å². The van der Waals surface area contributed by atoms with E-state index in [1.165, 1.54) is 25.7 Å². The Morgan fingerprint density at radius 2 is 2.09 bits per heavy atom. The van der Waals surface area contributed by atoms with Crippen LogP contribution in [0.5, 0.6) is 0 Å². The van der Waals surface area contributed by atoms with E-state index in [9.17, 15) is 4.79 Å². The number of amides is 1. The summed E-state index contributed by atoms with van der Waals surface area (Å²) in [6.07, 6.45) is 8.79. The smallest absolute Gasteiger partial charge is 0.235 e. The van der Waals surface area contributed by atoms with Crippen molar-refractivity contribution in [2.75, 3.05) is 35.3 Å². The van der Waals surface area contributed by atoms with Gasteiger partial charge in [0.25, 0.3) is 0 Å². The minimum atomic E-state index is -0.181. The lowest BCUT2D eigenvalue weighted by molar-refractivity contribution is -0.123. The second kappa shape index (κ2) is 5.35. The number of aromatic nitrogens is 2. The summed E-state index contributed by atoms with van der Waals surface area (Å²) in [5, 5.41) is 3.04. The third kappa shape index (κ3) is 2.26. The molecular formula is C17H25N5O. The summed E-state index contributed by atoms with van der Waals surface area (Å²) >= 11 is 0. The topological polar surface area (TPSA) is 61.4 Å². The molecule has 2 heterocycles. The fraction of sp³-hybridized carbons (Fsp3) is 0.706. The van der Waals surface area contributed by atoms with Gasteiger partial charge in [0.1, 0.15) is 5.69 Å². The Kier molecular flexibility index (Phi) is 3.43. The first-order valence-electron chi connectivity index (χ1n) is 8.82. The zero-order valence-corrected chi connectivity index (χ0v) is 14.0. The van der Waals surface area contributed by atoms with Crippen LogP contribution in [0.2, 0.25) is 0 Å². The van der Waals surface area contributed by atoms with Crippen molar-refractivity contribution in [1.82, 2.24) is 9.97 Å². The first kappa shape index (κ1) is 14.7. The van der Waals surface area contributed by atoms with Crippen LogP contribution in [0, 0.1) is 5.41 Å². The highest BCUT2D eigenvalue weighted by molar-refractivity contribution is 6.03. The maximum Gasteiger partial charge on any atom is 0.235 e. The summed E-state index contributed by atoms with van der Waals surface area (Å²) < 4.78 is 0. The number of hydrogen-bond donors (Lipinski definition) is 1. The van der Waals surface area contributed by atoms with Crippen LogP contribution in [0.15, 0.2) is 6.20 Å². The van der Waals surface area contributed by atoms with E-state index in [4.69, 9.17) is 4.98 Å². The molecule has 1 amide bonds. The van der Waals surface area contributed by atoms with Gasteiger partial charge in [-0.15, -0.1) is 0 Å². The molecule has 3 aliphatic rings. The van der Waals surface area contributed by atoms with Gasteiger partial charge in [0.15, 0.2) is 5.82 Å². The van der Waals surface area contributed by atoms with Gasteiger partial charge in [0.2, 0.25) is 11.9 Å². The molecule has 1 aliphatic heterocycles. The summed E-state index contributed by atoms with van der Waals surface area (Å²) in [6, 6.07) is 0.510. The van der Waals surface area contributed by atoms with Gasteiger partial charge in [-0.3, -0.25) is 4.79 Å². The molecule has 0 radical (unpaired) electrons. The molecular weight excluding hydrogens is 290 g/mol. The SMILES string of the molecule is CCN1C(=O)C2(CC2)CN(C2CCCC2)c2nc(NC)ncc21. The lowest BCUT2D eigenvalue weighted by atomic mass is 10.0. The van der Waals surface area contributed by atoms with Crippen molar-refractivity contribution < 1.29 is 4.79 Å². The van der Waals surface area contributed by atoms with Gasteiger partial charge in [0.05, 0.1) is 11.6 Å². The quantitative estimate of drug-likeness (QED) is 0.928. The molecule has 0 atom stereocenters. The maximum absolute atomic E-state index is 13.1. The van der Waals surface area contributed by atoms with Crippen LogP contribution in [-0.4, -0.2) is 42.1 Å². The molecule has 6 heteroatoms. The van der Waals surface area contributed by atoms with Crippen molar-refractivity contribution >= 4 is 23.4 Å². The number of anilines is 3. The second-order valence-electron chi connectivity index (χ2n) is 7.05. The van der Waals surface area contributed by atoms with Crippen LogP contribution in [0.1, 0.15) is 45.4 Å². The summed E-state index contributed by atoms with van der Waals surface area (Å²) in [7, 11) is 1.84. The predicted molar refractivity (Wildman–Crippen MR) is 90.9 cm³/mol. The van der Waals surface area contributed by atoms with Gasteiger partial charge in [-0.25, -0.2) is 4.98 Å². The molecule has 1 spiro atoms. The Hall–Kier alpha value is -1.85. The molecule has 1 aromatic heterocycles. The highest BCUT2D eigenvalue weighted by Gasteiger charge is 2.55. The predicted octanol–water partition coefficient (Wildman–Crippen LogP) is 2.41. The highest BCUT2D eigenvalue weighted by Crippen LogP contribution is 2.52. The van der Waals surface area contributed by atoms with Crippen LogP contribution in [0.4, 0.5) is 17.5 Å². The van der Waals surface area contributed by atoms with Crippen molar-refractivity contribution in [2.24, 2.45) is 5.41 Å². The Bertz CT molecular complexity index is 621. The molecule has 124 valence electrons. The van der Waals surface area contributed by atoms with Gasteiger partial charge >= 0.3 is 0 Å². The molecule has 0 aromatic carbocycles. The van der Waals surface area contributed by atoms with Crippen LogP contribution in [0.3, 0.4) is 0 Å². The van der Waals surface area contributed by atoms with E-state index < -0.39 is 0 Å². The van der Waals surface area contributed by atoms with Crippen molar-refractivity contribution in [3.8, 4) is 0 Å². The number of fused-ring (bicyclic) bond motifs is 1. The zero-order chi connectivity index (χ0) is 16.0. The maximum atomic E-state index is 13.1. The third-order valence-electron chi connectivity index (χ3n) is 5.64. The average molecular weight is 315 g/mol. The Morgan fingerprint density at radius 1 is 1.35 bits per heavy atom. The number of nitrogens with zero attached hydrogens (tertiary/aromatic N) is 4. The largest absolute Gasteiger partial charge is 0.357 e. The lowest BCUT2D eigenvalue weighted by Gasteiger charge is -2.31. The van der Waals surface area contributed by atoms with E-state index in [2.05, 4.69) is 15.2 Å². The van der Waals surface area contributed by atoms with Crippen LogP contribution < -0.4 is 15.1 Å². The molecule has 0 bridgehead atoms. The second-order valence-corrected chi connectivity index (χ2v) is 7.05. The molecule has 0 saturated heterocycles. The third-order valence-corrected chi connectivity index (χ3v) is 5.64. The van der Waals surface area contributed by atoms with E-state index >= 15 is 0 Å². The lowest BCUT2D eigenvalue weighted by Crippen LogP contribution is -2.42. The summed E-state index contributed by atoms with van der Waals surface area (Å²) in [6.45, 7) is 3.53. The van der Waals surface area contributed by atoms with E-state index in [1.54, 1.807) is 0 Å². The number of carbonyl (C=O) groups is 1. The van der Waals surface area contributed by atoms with Gasteiger partial charge in [-0.1, -0.05) is 12.8 Å². The van der Waals surface area contributed by atoms with Crippen molar-refractivity contribution in [3.05, 3.63) is 6.20 Å². The number of carbonyl (C=O) groups excluding carboxylic acids is 1. The minimum absolute atomic E-state index is 0.181. The van der Waals surface area contributed by atoms with Gasteiger partial charge in [-0.05, 0) is 32.6 Å². The molecule has 0 unspecified atom stereocenters.